The van der Waals surface area contributed by atoms with Crippen LogP contribution in [0.1, 0.15) is 26.7 Å². The zero-order chi connectivity index (χ0) is 15.9. The van der Waals surface area contributed by atoms with E-state index in [0.29, 0.717) is 12.0 Å². The highest BCUT2D eigenvalue weighted by Crippen LogP contribution is 2.39. The van der Waals surface area contributed by atoms with Gasteiger partial charge in [-0.15, -0.1) is 0 Å². The number of β-amino-alcohol motifs (C(OH)–C–C–N with tert-alkyl or cyclic N) is 1. The minimum atomic E-state index is -0.233. The Bertz CT molecular complexity index is 423. The molecule has 3 fully saturated rings. The van der Waals surface area contributed by atoms with Crippen molar-refractivity contribution in [3.05, 3.63) is 0 Å². The van der Waals surface area contributed by atoms with Crippen molar-refractivity contribution in [3.63, 3.8) is 0 Å². The van der Waals surface area contributed by atoms with E-state index < -0.39 is 0 Å². The van der Waals surface area contributed by atoms with Crippen LogP contribution >= 0.6 is 0 Å². The van der Waals surface area contributed by atoms with Crippen molar-refractivity contribution in [1.29, 1.82) is 0 Å². The summed E-state index contributed by atoms with van der Waals surface area (Å²) in [4.78, 5) is 18.8. The quantitative estimate of drug-likeness (QED) is 0.723. The molecule has 3 heterocycles. The first-order valence-electron chi connectivity index (χ1n) is 8.49. The second-order valence-electron chi connectivity index (χ2n) is 7.73. The van der Waals surface area contributed by atoms with Gasteiger partial charge in [-0.3, -0.25) is 14.6 Å². The minimum Gasteiger partial charge on any atom is -0.396 e. The molecule has 1 spiro atoms. The normalized spacial score (nSPS) is 31.6. The summed E-state index contributed by atoms with van der Waals surface area (Å²) in [6.07, 6.45) is 0.835. The van der Waals surface area contributed by atoms with E-state index in [1.165, 1.54) is 0 Å². The van der Waals surface area contributed by atoms with Crippen LogP contribution in [0.2, 0.25) is 0 Å². The number of rotatable bonds is 4. The van der Waals surface area contributed by atoms with Gasteiger partial charge in [0, 0.05) is 51.7 Å². The number of hydrogen-bond acceptors (Lipinski definition) is 5. The van der Waals surface area contributed by atoms with Gasteiger partial charge in [0.05, 0.1) is 18.2 Å². The van der Waals surface area contributed by atoms with Crippen LogP contribution in [0.15, 0.2) is 0 Å². The van der Waals surface area contributed by atoms with E-state index in [-0.39, 0.29) is 30.6 Å². The Labute approximate surface area is 132 Å². The van der Waals surface area contributed by atoms with Crippen LogP contribution in [0.25, 0.3) is 0 Å². The topological polar surface area (TPSA) is 67.2 Å². The van der Waals surface area contributed by atoms with Crippen LogP contribution in [-0.2, 0) is 4.79 Å². The zero-order valence-corrected chi connectivity index (χ0v) is 13.7. The van der Waals surface area contributed by atoms with Crippen LogP contribution in [-0.4, -0.2) is 94.4 Å². The Balaban J connectivity index is 1.69. The van der Waals surface area contributed by atoms with Crippen molar-refractivity contribution in [1.82, 2.24) is 14.7 Å². The summed E-state index contributed by atoms with van der Waals surface area (Å²) in [5.74, 6) is 0.674. The van der Waals surface area contributed by atoms with Gasteiger partial charge in [-0.25, -0.2) is 0 Å². The lowest BCUT2D eigenvalue weighted by Gasteiger charge is -2.61. The number of aliphatic hydroxyl groups is 2. The fourth-order valence-corrected chi connectivity index (χ4v) is 4.55. The molecule has 126 valence electrons. The van der Waals surface area contributed by atoms with E-state index in [1.54, 1.807) is 0 Å². The number of nitrogens with zero attached hydrogens (tertiary/aromatic N) is 3. The molecule has 3 saturated heterocycles. The summed E-state index contributed by atoms with van der Waals surface area (Å²) in [5, 5.41) is 19.0. The van der Waals surface area contributed by atoms with Crippen molar-refractivity contribution in [2.24, 2.45) is 5.92 Å². The minimum absolute atomic E-state index is 0.0143. The molecule has 6 nitrogen and oxygen atoms in total. The first-order chi connectivity index (χ1) is 10.4. The smallest absolute Gasteiger partial charge is 0.225 e. The molecule has 2 atom stereocenters. The van der Waals surface area contributed by atoms with Gasteiger partial charge in [0.25, 0.3) is 0 Å². The molecule has 1 amide bonds. The Morgan fingerprint density at radius 1 is 1.27 bits per heavy atom. The standard InChI is InChI=1S/C16H29N3O3/c1-12(2)6-17-7-13-5-14(21)8-19(13)16(9-17)10-18(11-16)15(22)3-4-20/h12-14,20-21H,3-11H2,1-2H3/t13-,14+/m0/s1. The number of fused-ring (bicyclic) bond motifs is 2. The van der Waals surface area contributed by atoms with Crippen molar-refractivity contribution in [2.45, 2.75) is 44.4 Å². The van der Waals surface area contributed by atoms with Gasteiger partial charge in [0.2, 0.25) is 5.91 Å². The Morgan fingerprint density at radius 2 is 2.00 bits per heavy atom. The summed E-state index contributed by atoms with van der Waals surface area (Å²) in [7, 11) is 0. The molecule has 22 heavy (non-hydrogen) atoms. The van der Waals surface area contributed by atoms with Crippen LogP contribution in [0.4, 0.5) is 0 Å². The molecule has 0 saturated carbocycles. The van der Waals surface area contributed by atoms with E-state index in [4.69, 9.17) is 5.11 Å². The Morgan fingerprint density at radius 3 is 2.64 bits per heavy atom. The molecule has 0 radical (unpaired) electrons. The summed E-state index contributed by atoms with van der Waals surface area (Å²) in [6.45, 7) is 9.70. The molecule has 3 aliphatic heterocycles. The molecule has 0 aromatic rings. The molecule has 6 heteroatoms. The highest BCUT2D eigenvalue weighted by atomic mass is 16.3. The van der Waals surface area contributed by atoms with E-state index >= 15 is 0 Å². The highest BCUT2D eigenvalue weighted by molar-refractivity contribution is 5.77. The molecule has 2 N–H and O–H groups in total. The van der Waals surface area contributed by atoms with Crippen molar-refractivity contribution >= 4 is 5.91 Å². The number of amides is 1. The molecule has 0 aromatic carbocycles. The number of aliphatic hydroxyl groups excluding tert-OH is 2. The Kier molecular flexibility index (Phi) is 4.47. The number of piperazine rings is 1. The first kappa shape index (κ1) is 16.2. The fraction of sp³-hybridized carbons (Fsp3) is 0.938. The predicted octanol–water partition coefficient (Wildman–Crippen LogP) is -0.643. The van der Waals surface area contributed by atoms with Crippen LogP contribution in [0, 0.1) is 5.92 Å². The maximum atomic E-state index is 12.0. The van der Waals surface area contributed by atoms with Crippen LogP contribution in [0.3, 0.4) is 0 Å². The maximum Gasteiger partial charge on any atom is 0.225 e. The largest absolute Gasteiger partial charge is 0.396 e. The fourth-order valence-electron chi connectivity index (χ4n) is 4.55. The number of carbonyl (C=O) groups excluding carboxylic acids is 1. The zero-order valence-electron chi connectivity index (χ0n) is 13.7. The molecular weight excluding hydrogens is 282 g/mol. The van der Waals surface area contributed by atoms with Crippen molar-refractivity contribution in [3.8, 4) is 0 Å². The van der Waals surface area contributed by atoms with E-state index in [2.05, 4.69) is 23.6 Å². The van der Waals surface area contributed by atoms with E-state index in [9.17, 15) is 9.90 Å². The third kappa shape index (κ3) is 2.89. The molecule has 0 unspecified atom stereocenters. The molecular formula is C16H29N3O3. The second kappa shape index (κ2) is 6.07. The van der Waals surface area contributed by atoms with Gasteiger partial charge in [0.1, 0.15) is 0 Å². The lowest BCUT2D eigenvalue weighted by Crippen LogP contribution is -2.78. The molecule has 0 aromatic heterocycles. The molecule has 0 bridgehead atoms. The first-order valence-corrected chi connectivity index (χ1v) is 8.49. The van der Waals surface area contributed by atoms with Gasteiger partial charge < -0.3 is 15.1 Å². The molecule has 3 aliphatic rings. The Hall–Kier alpha value is -0.690. The predicted molar refractivity (Wildman–Crippen MR) is 83.4 cm³/mol. The van der Waals surface area contributed by atoms with Crippen LogP contribution in [0.5, 0.6) is 0 Å². The molecule has 3 rings (SSSR count). The van der Waals surface area contributed by atoms with E-state index in [1.807, 2.05) is 4.90 Å². The highest BCUT2D eigenvalue weighted by Gasteiger charge is 2.56. The lowest BCUT2D eigenvalue weighted by molar-refractivity contribution is -0.157. The van der Waals surface area contributed by atoms with Gasteiger partial charge >= 0.3 is 0 Å². The van der Waals surface area contributed by atoms with Gasteiger partial charge in [-0.1, -0.05) is 13.8 Å². The summed E-state index contributed by atoms with van der Waals surface area (Å²) in [6, 6.07) is 0.414. The lowest BCUT2D eigenvalue weighted by atomic mass is 9.83. The average Bonchev–Trinajstić information content (AvgIpc) is 2.75. The van der Waals surface area contributed by atoms with Gasteiger partial charge in [0.15, 0.2) is 0 Å². The van der Waals surface area contributed by atoms with Crippen molar-refractivity contribution < 1.29 is 15.0 Å². The third-order valence-corrected chi connectivity index (χ3v) is 5.26. The van der Waals surface area contributed by atoms with Gasteiger partial charge in [-0.2, -0.15) is 0 Å². The summed E-state index contributed by atoms with van der Waals surface area (Å²) in [5.41, 5.74) is 0.0143. The number of hydrogen-bond donors (Lipinski definition) is 2. The molecule has 0 aliphatic carbocycles. The van der Waals surface area contributed by atoms with E-state index in [0.717, 1.165) is 45.7 Å². The van der Waals surface area contributed by atoms with Crippen LogP contribution < -0.4 is 0 Å². The second-order valence-corrected chi connectivity index (χ2v) is 7.73. The summed E-state index contributed by atoms with van der Waals surface area (Å²) < 4.78 is 0. The maximum absolute atomic E-state index is 12.0. The number of carbonyl (C=O) groups is 1. The van der Waals surface area contributed by atoms with Crippen molar-refractivity contribution in [2.75, 3.05) is 45.9 Å². The third-order valence-electron chi connectivity index (χ3n) is 5.26. The summed E-state index contributed by atoms with van der Waals surface area (Å²) >= 11 is 0. The number of likely N-dealkylation sites (tertiary alicyclic amines) is 1. The average molecular weight is 311 g/mol. The SMILES string of the molecule is CC(C)CN1C[C@@H]2C[C@@H](O)CN2C2(C1)CN(C(=O)CCO)C2. The monoisotopic (exact) mass is 311 g/mol. The van der Waals surface area contributed by atoms with Gasteiger partial charge in [-0.05, 0) is 12.3 Å².